The summed E-state index contributed by atoms with van der Waals surface area (Å²) in [6.07, 6.45) is 0.329. The molecule has 0 radical (unpaired) electrons. The normalized spacial score (nSPS) is 19.6. The van der Waals surface area contributed by atoms with Crippen LogP contribution in [0, 0.1) is 17.8 Å². The van der Waals surface area contributed by atoms with Gasteiger partial charge in [0, 0.05) is 5.56 Å². The number of benzene rings is 1. The molecule has 1 aromatic rings. The number of sulfone groups is 1. The van der Waals surface area contributed by atoms with Crippen molar-refractivity contribution >= 4 is 33.0 Å². The minimum absolute atomic E-state index is 0.0425. The molecular weight excluding hydrogens is 314 g/mol. The first-order valence-electron chi connectivity index (χ1n) is 6.32. The number of aliphatic hydroxyl groups excluding tert-OH is 1. The molecule has 1 aliphatic heterocycles. The Hall–Kier alpha value is -1.55. The zero-order valence-corrected chi connectivity index (χ0v) is 12.7. The third-order valence-electron chi connectivity index (χ3n) is 3.14. The van der Waals surface area contributed by atoms with E-state index in [0.29, 0.717) is 22.7 Å². The molecule has 0 aliphatic carbocycles. The lowest BCUT2D eigenvalue weighted by Gasteiger charge is -2.11. The van der Waals surface area contributed by atoms with Crippen molar-refractivity contribution in [2.24, 2.45) is 5.92 Å². The Morgan fingerprint density at radius 1 is 1.48 bits per heavy atom. The average Bonchev–Trinajstić information content (AvgIpc) is 2.80. The van der Waals surface area contributed by atoms with Crippen LogP contribution in [-0.4, -0.2) is 37.5 Å². The maximum Gasteiger partial charge on any atom is 0.228 e. The van der Waals surface area contributed by atoms with Crippen molar-refractivity contribution in [3.05, 3.63) is 28.8 Å². The third kappa shape index (κ3) is 4.21. The van der Waals surface area contributed by atoms with E-state index in [-0.39, 0.29) is 24.0 Å². The van der Waals surface area contributed by atoms with Crippen molar-refractivity contribution in [3.63, 3.8) is 0 Å². The molecule has 1 unspecified atom stereocenters. The number of anilines is 1. The number of rotatable bonds is 2. The molecule has 1 aromatic carbocycles. The number of amides is 1. The number of carbonyl (C=O) groups is 1. The van der Waals surface area contributed by atoms with Gasteiger partial charge in [-0.1, -0.05) is 23.4 Å². The van der Waals surface area contributed by atoms with Crippen LogP contribution < -0.4 is 5.32 Å². The van der Waals surface area contributed by atoms with Gasteiger partial charge in [-0.2, -0.15) is 0 Å². The summed E-state index contributed by atoms with van der Waals surface area (Å²) in [5, 5.41) is 11.7. The predicted molar refractivity (Wildman–Crippen MR) is 80.8 cm³/mol. The van der Waals surface area contributed by atoms with Crippen LogP contribution in [0.5, 0.6) is 0 Å². The molecule has 7 heteroatoms. The molecule has 0 spiro atoms. The first kappa shape index (κ1) is 15.8. The Morgan fingerprint density at radius 3 is 2.86 bits per heavy atom. The molecule has 0 aromatic heterocycles. The summed E-state index contributed by atoms with van der Waals surface area (Å²) >= 11 is 6.01. The molecule has 2 rings (SSSR count). The van der Waals surface area contributed by atoms with Crippen molar-refractivity contribution in [1.82, 2.24) is 0 Å². The number of halogens is 1. The van der Waals surface area contributed by atoms with Crippen LogP contribution in [0.3, 0.4) is 0 Å². The largest absolute Gasteiger partial charge is 0.384 e. The SMILES string of the molecule is O=C(Nc1cc(C#CCO)ccc1Cl)C1CCS(=O)(=O)C1. The first-order valence-corrected chi connectivity index (χ1v) is 8.52. The number of carbonyl (C=O) groups excluding carboxylic acids is 1. The number of nitrogens with one attached hydrogen (secondary N) is 1. The molecule has 0 saturated carbocycles. The smallest absolute Gasteiger partial charge is 0.228 e. The molecular formula is C14H14ClNO4S. The van der Waals surface area contributed by atoms with Gasteiger partial charge in [-0.3, -0.25) is 4.79 Å². The second kappa shape index (κ2) is 6.48. The predicted octanol–water partition coefficient (Wildman–Crippen LogP) is 1.06. The van der Waals surface area contributed by atoms with Gasteiger partial charge in [0.1, 0.15) is 6.61 Å². The van der Waals surface area contributed by atoms with Crippen molar-refractivity contribution in [2.75, 3.05) is 23.4 Å². The fourth-order valence-electron chi connectivity index (χ4n) is 2.08. The van der Waals surface area contributed by atoms with E-state index in [9.17, 15) is 13.2 Å². The molecule has 1 fully saturated rings. The van der Waals surface area contributed by atoms with E-state index >= 15 is 0 Å². The van der Waals surface area contributed by atoms with Crippen molar-refractivity contribution < 1.29 is 18.3 Å². The average molecular weight is 328 g/mol. The summed E-state index contributed by atoms with van der Waals surface area (Å²) < 4.78 is 22.8. The highest BCUT2D eigenvalue weighted by atomic mass is 35.5. The van der Waals surface area contributed by atoms with Crippen LogP contribution in [0.1, 0.15) is 12.0 Å². The van der Waals surface area contributed by atoms with Gasteiger partial charge in [-0.25, -0.2) is 8.42 Å². The van der Waals surface area contributed by atoms with Gasteiger partial charge in [-0.15, -0.1) is 0 Å². The van der Waals surface area contributed by atoms with Gasteiger partial charge in [0.2, 0.25) is 5.91 Å². The Labute approximate surface area is 128 Å². The number of hydrogen-bond acceptors (Lipinski definition) is 4. The highest BCUT2D eigenvalue weighted by Crippen LogP contribution is 2.25. The van der Waals surface area contributed by atoms with Crippen LogP contribution in [0.25, 0.3) is 0 Å². The van der Waals surface area contributed by atoms with Gasteiger partial charge < -0.3 is 10.4 Å². The van der Waals surface area contributed by atoms with Crippen LogP contribution in [0.15, 0.2) is 18.2 Å². The lowest BCUT2D eigenvalue weighted by molar-refractivity contribution is -0.119. The van der Waals surface area contributed by atoms with Crippen LogP contribution >= 0.6 is 11.6 Å². The molecule has 112 valence electrons. The zero-order chi connectivity index (χ0) is 15.5. The lowest BCUT2D eigenvalue weighted by Crippen LogP contribution is -2.23. The van der Waals surface area contributed by atoms with Crippen LogP contribution in [0.4, 0.5) is 5.69 Å². The van der Waals surface area contributed by atoms with E-state index in [1.807, 2.05) is 0 Å². The first-order chi connectivity index (χ1) is 9.91. The quantitative estimate of drug-likeness (QED) is 0.796. The molecule has 0 bridgehead atoms. The summed E-state index contributed by atoms with van der Waals surface area (Å²) in [6, 6.07) is 4.84. The highest BCUT2D eigenvalue weighted by Gasteiger charge is 2.33. The van der Waals surface area contributed by atoms with E-state index < -0.39 is 15.8 Å². The van der Waals surface area contributed by atoms with Gasteiger partial charge >= 0.3 is 0 Å². The molecule has 1 amide bonds. The molecule has 5 nitrogen and oxygen atoms in total. The Kier molecular flexibility index (Phi) is 4.88. The topological polar surface area (TPSA) is 83.5 Å². The Bertz CT molecular complexity index is 718. The van der Waals surface area contributed by atoms with E-state index in [4.69, 9.17) is 16.7 Å². The van der Waals surface area contributed by atoms with Crippen molar-refractivity contribution in [3.8, 4) is 11.8 Å². The summed E-state index contributed by atoms with van der Waals surface area (Å²) in [4.78, 5) is 12.1. The molecule has 2 N–H and O–H groups in total. The van der Waals surface area contributed by atoms with Gasteiger partial charge in [0.15, 0.2) is 9.84 Å². The monoisotopic (exact) mass is 327 g/mol. The van der Waals surface area contributed by atoms with E-state index in [0.717, 1.165) is 0 Å². The van der Waals surface area contributed by atoms with Crippen molar-refractivity contribution in [2.45, 2.75) is 6.42 Å². The third-order valence-corrected chi connectivity index (χ3v) is 5.24. The molecule has 1 aliphatic rings. The molecule has 1 heterocycles. The Morgan fingerprint density at radius 2 is 2.24 bits per heavy atom. The number of hydrogen-bond donors (Lipinski definition) is 2. The summed E-state index contributed by atoms with van der Waals surface area (Å²) in [6.45, 7) is -0.260. The summed E-state index contributed by atoms with van der Waals surface area (Å²) in [5.41, 5.74) is 0.985. The standard InChI is InChI=1S/C14H14ClNO4S/c15-12-4-3-10(2-1-6-17)8-13(12)16-14(18)11-5-7-21(19,20)9-11/h3-4,8,11,17H,5-7,9H2,(H,16,18). The fourth-order valence-corrected chi connectivity index (χ4v) is 3.98. The second-order valence-corrected chi connectivity index (χ2v) is 7.38. The van der Waals surface area contributed by atoms with Gasteiger partial charge in [0.05, 0.1) is 28.1 Å². The highest BCUT2D eigenvalue weighted by molar-refractivity contribution is 7.91. The summed E-state index contributed by atoms with van der Waals surface area (Å²) in [5.74, 6) is 4.23. The maximum absolute atomic E-state index is 12.1. The van der Waals surface area contributed by atoms with Gasteiger partial charge in [0.25, 0.3) is 0 Å². The minimum atomic E-state index is -3.11. The second-order valence-electron chi connectivity index (χ2n) is 4.74. The lowest BCUT2D eigenvalue weighted by atomic mass is 10.1. The van der Waals surface area contributed by atoms with E-state index in [1.54, 1.807) is 18.2 Å². The minimum Gasteiger partial charge on any atom is -0.384 e. The fraction of sp³-hybridized carbons (Fsp3) is 0.357. The van der Waals surface area contributed by atoms with E-state index in [1.165, 1.54) is 0 Å². The summed E-state index contributed by atoms with van der Waals surface area (Å²) in [7, 11) is -3.11. The Balaban J connectivity index is 2.14. The molecule has 21 heavy (non-hydrogen) atoms. The number of aliphatic hydroxyl groups is 1. The van der Waals surface area contributed by atoms with Crippen molar-refractivity contribution in [1.29, 1.82) is 0 Å². The van der Waals surface area contributed by atoms with Crippen LogP contribution in [0.2, 0.25) is 5.02 Å². The zero-order valence-electron chi connectivity index (χ0n) is 11.1. The van der Waals surface area contributed by atoms with Crippen LogP contribution in [-0.2, 0) is 14.6 Å². The molecule has 1 atom stereocenters. The molecule has 1 saturated heterocycles. The van der Waals surface area contributed by atoms with E-state index in [2.05, 4.69) is 17.2 Å². The maximum atomic E-state index is 12.1. The van der Waals surface area contributed by atoms with Gasteiger partial charge in [-0.05, 0) is 24.6 Å².